The zero-order valence-electron chi connectivity index (χ0n) is 11.1. The van der Waals surface area contributed by atoms with E-state index in [0.29, 0.717) is 6.61 Å². The van der Waals surface area contributed by atoms with Crippen molar-refractivity contribution in [2.75, 3.05) is 13.2 Å². The van der Waals surface area contributed by atoms with Gasteiger partial charge in [0, 0.05) is 18.7 Å². The Hall–Kier alpha value is -0.800. The average Bonchev–Trinajstić information content (AvgIpc) is 2.79. The van der Waals surface area contributed by atoms with Crippen LogP contribution < -0.4 is 5.32 Å². The van der Waals surface area contributed by atoms with Gasteiger partial charge in [-0.1, -0.05) is 33.1 Å². The van der Waals surface area contributed by atoms with Crippen LogP contribution in [0.2, 0.25) is 0 Å². The third-order valence-corrected chi connectivity index (χ3v) is 2.67. The normalized spacial score (nSPS) is 10.9. The van der Waals surface area contributed by atoms with E-state index >= 15 is 0 Å². The Kier molecular flexibility index (Phi) is 7.76. The molecule has 98 valence electrons. The molecule has 3 nitrogen and oxygen atoms in total. The van der Waals surface area contributed by atoms with Crippen molar-refractivity contribution in [3.8, 4) is 0 Å². The van der Waals surface area contributed by atoms with Crippen LogP contribution in [0.5, 0.6) is 0 Å². The third kappa shape index (κ3) is 6.49. The van der Waals surface area contributed by atoms with Gasteiger partial charge in [-0.3, -0.25) is 0 Å². The Bertz CT molecular complexity index is 284. The molecule has 1 heterocycles. The Balaban J connectivity index is 2.08. The van der Waals surface area contributed by atoms with Crippen molar-refractivity contribution in [2.45, 2.75) is 52.7 Å². The first-order valence-corrected chi connectivity index (χ1v) is 6.71. The molecule has 0 aliphatic heterocycles. The summed E-state index contributed by atoms with van der Waals surface area (Å²) in [5.74, 6) is 0.924. The van der Waals surface area contributed by atoms with Gasteiger partial charge in [0.15, 0.2) is 0 Å². The summed E-state index contributed by atoms with van der Waals surface area (Å²) >= 11 is 0. The SMILES string of the molecule is CCCCCCOCc1cc(CNCC)co1. The highest BCUT2D eigenvalue weighted by Crippen LogP contribution is 2.09. The molecular weight excluding hydrogens is 214 g/mol. The maximum atomic E-state index is 5.57. The summed E-state index contributed by atoms with van der Waals surface area (Å²) in [6.07, 6.45) is 6.79. The predicted octanol–water partition coefficient (Wildman–Crippen LogP) is 3.49. The van der Waals surface area contributed by atoms with Crippen molar-refractivity contribution in [3.05, 3.63) is 23.7 Å². The van der Waals surface area contributed by atoms with Crippen LogP contribution >= 0.6 is 0 Å². The molecule has 0 amide bonds. The molecule has 1 aromatic heterocycles. The number of hydrogen-bond donors (Lipinski definition) is 1. The van der Waals surface area contributed by atoms with Gasteiger partial charge < -0.3 is 14.5 Å². The van der Waals surface area contributed by atoms with Gasteiger partial charge in [-0.25, -0.2) is 0 Å². The van der Waals surface area contributed by atoms with E-state index in [2.05, 4.69) is 25.2 Å². The topological polar surface area (TPSA) is 34.4 Å². The van der Waals surface area contributed by atoms with Crippen LogP contribution in [0.15, 0.2) is 16.7 Å². The Morgan fingerprint density at radius 1 is 1.24 bits per heavy atom. The summed E-state index contributed by atoms with van der Waals surface area (Å²) in [4.78, 5) is 0. The van der Waals surface area contributed by atoms with Gasteiger partial charge in [0.25, 0.3) is 0 Å². The fraction of sp³-hybridized carbons (Fsp3) is 0.714. The lowest BCUT2D eigenvalue weighted by atomic mass is 10.2. The van der Waals surface area contributed by atoms with E-state index in [1.54, 1.807) is 6.26 Å². The standard InChI is InChI=1S/C14H25NO2/c1-3-5-6-7-8-16-12-14-9-13(11-17-14)10-15-4-2/h9,11,15H,3-8,10,12H2,1-2H3. The molecular formula is C14H25NO2. The minimum atomic E-state index is 0.595. The molecule has 0 fully saturated rings. The molecule has 1 aromatic rings. The zero-order chi connectivity index (χ0) is 12.3. The lowest BCUT2D eigenvalue weighted by Crippen LogP contribution is -2.10. The fourth-order valence-electron chi connectivity index (χ4n) is 1.67. The molecule has 17 heavy (non-hydrogen) atoms. The fourth-order valence-corrected chi connectivity index (χ4v) is 1.67. The number of hydrogen-bond acceptors (Lipinski definition) is 3. The first-order valence-electron chi connectivity index (χ1n) is 6.71. The van der Waals surface area contributed by atoms with Crippen molar-refractivity contribution in [1.29, 1.82) is 0 Å². The highest BCUT2D eigenvalue weighted by molar-refractivity contribution is 5.11. The van der Waals surface area contributed by atoms with Gasteiger partial charge in [-0.15, -0.1) is 0 Å². The molecule has 0 bridgehead atoms. The smallest absolute Gasteiger partial charge is 0.129 e. The maximum Gasteiger partial charge on any atom is 0.129 e. The van der Waals surface area contributed by atoms with E-state index in [4.69, 9.17) is 9.15 Å². The van der Waals surface area contributed by atoms with Crippen LogP contribution in [0.4, 0.5) is 0 Å². The Labute approximate surface area is 105 Å². The second kappa shape index (κ2) is 9.25. The van der Waals surface area contributed by atoms with E-state index in [1.807, 2.05) is 0 Å². The number of rotatable bonds is 10. The summed E-state index contributed by atoms with van der Waals surface area (Å²) < 4.78 is 11.0. The van der Waals surface area contributed by atoms with Gasteiger partial charge in [0.1, 0.15) is 12.4 Å². The van der Waals surface area contributed by atoms with Crippen LogP contribution in [-0.2, 0) is 17.9 Å². The average molecular weight is 239 g/mol. The first kappa shape index (κ1) is 14.3. The molecule has 0 aliphatic carbocycles. The molecule has 0 atom stereocenters. The minimum absolute atomic E-state index is 0.595. The Morgan fingerprint density at radius 2 is 2.12 bits per heavy atom. The number of unbranched alkanes of at least 4 members (excludes halogenated alkanes) is 3. The summed E-state index contributed by atoms with van der Waals surface area (Å²) in [5.41, 5.74) is 1.19. The molecule has 0 saturated heterocycles. The van der Waals surface area contributed by atoms with E-state index < -0.39 is 0 Å². The molecule has 1 rings (SSSR count). The van der Waals surface area contributed by atoms with Crippen molar-refractivity contribution in [2.24, 2.45) is 0 Å². The highest BCUT2D eigenvalue weighted by Gasteiger charge is 2.01. The minimum Gasteiger partial charge on any atom is -0.467 e. The van der Waals surface area contributed by atoms with Gasteiger partial charge in [0.2, 0.25) is 0 Å². The largest absolute Gasteiger partial charge is 0.467 e. The quantitative estimate of drug-likeness (QED) is 0.635. The summed E-state index contributed by atoms with van der Waals surface area (Å²) in [6, 6.07) is 2.06. The van der Waals surface area contributed by atoms with Crippen molar-refractivity contribution >= 4 is 0 Å². The van der Waals surface area contributed by atoms with Crippen LogP contribution in [0.25, 0.3) is 0 Å². The summed E-state index contributed by atoms with van der Waals surface area (Å²) in [6.45, 7) is 7.60. The predicted molar refractivity (Wildman–Crippen MR) is 69.9 cm³/mol. The van der Waals surface area contributed by atoms with E-state index in [-0.39, 0.29) is 0 Å². The maximum absolute atomic E-state index is 5.57. The third-order valence-electron chi connectivity index (χ3n) is 2.67. The van der Waals surface area contributed by atoms with Crippen LogP contribution in [0.1, 0.15) is 50.9 Å². The van der Waals surface area contributed by atoms with Gasteiger partial charge >= 0.3 is 0 Å². The lowest BCUT2D eigenvalue weighted by molar-refractivity contribution is 0.102. The molecule has 0 saturated carbocycles. The van der Waals surface area contributed by atoms with E-state index in [1.165, 1.54) is 24.8 Å². The molecule has 1 N–H and O–H groups in total. The summed E-state index contributed by atoms with van der Waals surface area (Å²) in [7, 11) is 0. The van der Waals surface area contributed by atoms with Crippen LogP contribution in [0.3, 0.4) is 0 Å². The highest BCUT2D eigenvalue weighted by atomic mass is 16.5. The molecule has 0 aromatic carbocycles. The number of furan rings is 1. The molecule has 0 spiro atoms. The van der Waals surface area contributed by atoms with Crippen molar-refractivity contribution in [1.82, 2.24) is 5.32 Å². The lowest BCUT2D eigenvalue weighted by Gasteiger charge is -2.01. The summed E-state index contributed by atoms with van der Waals surface area (Å²) in [5, 5.41) is 3.27. The second-order valence-electron chi connectivity index (χ2n) is 4.31. The van der Waals surface area contributed by atoms with Crippen molar-refractivity contribution < 1.29 is 9.15 Å². The number of nitrogens with one attached hydrogen (secondary N) is 1. The molecule has 0 aliphatic rings. The van der Waals surface area contributed by atoms with Crippen LogP contribution in [-0.4, -0.2) is 13.2 Å². The monoisotopic (exact) mass is 239 g/mol. The van der Waals surface area contributed by atoms with E-state index in [9.17, 15) is 0 Å². The van der Waals surface area contributed by atoms with E-state index in [0.717, 1.165) is 31.9 Å². The number of ether oxygens (including phenoxy) is 1. The first-order chi connectivity index (χ1) is 8.36. The molecule has 0 radical (unpaired) electrons. The van der Waals surface area contributed by atoms with Crippen molar-refractivity contribution in [3.63, 3.8) is 0 Å². The van der Waals surface area contributed by atoms with Gasteiger partial charge in [-0.05, 0) is 19.0 Å². The van der Waals surface area contributed by atoms with Crippen LogP contribution in [0, 0.1) is 0 Å². The van der Waals surface area contributed by atoms with Gasteiger partial charge in [-0.2, -0.15) is 0 Å². The molecule has 3 heteroatoms. The Morgan fingerprint density at radius 3 is 2.88 bits per heavy atom. The zero-order valence-corrected chi connectivity index (χ0v) is 11.1. The second-order valence-corrected chi connectivity index (χ2v) is 4.31. The van der Waals surface area contributed by atoms with Gasteiger partial charge in [0.05, 0.1) is 6.26 Å². The molecule has 0 unspecified atom stereocenters.